The zero-order valence-corrected chi connectivity index (χ0v) is 10.0. The summed E-state index contributed by atoms with van der Waals surface area (Å²) < 4.78 is 5.41. The fraction of sp³-hybridized carbons (Fsp3) is 0.462. The molecule has 2 rings (SSSR count). The van der Waals surface area contributed by atoms with Gasteiger partial charge in [0.05, 0.1) is 24.5 Å². The topological polar surface area (TPSA) is 62.3 Å². The van der Waals surface area contributed by atoms with Crippen LogP contribution >= 0.6 is 0 Å². The van der Waals surface area contributed by atoms with Crippen molar-refractivity contribution in [2.45, 2.75) is 19.5 Å². The van der Waals surface area contributed by atoms with Crippen molar-refractivity contribution in [1.82, 2.24) is 0 Å². The number of nitrogens with two attached hydrogens (primary N) is 1. The summed E-state index contributed by atoms with van der Waals surface area (Å²) in [5.74, 6) is 0. The highest BCUT2D eigenvalue weighted by Crippen LogP contribution is 2.24. The number of nitriles is 1. The summed E-state index contributed by atoms with van der Waals surface area (Å²) in [6.45, 7) is 4.83. The molecule has 2 N–H and O–H groups in total. The first-order valence-electron chi connectivity index (χ1n) is 5.83. The van der Waals surface area contributed by atoms with Crippen LogP contribution < -0.4 is 10.6 Å². The third kappa shape index (κ3) is 2.41. The molecule has 0 aliphatic carbocycles. The third-order valence-electron chi connectivity index (χ3n) is 3.09. The zero-order chi connectivity index (χ0) is 12.3. The van der Waals surface area contributed by atoms with Crippen molar-refractivity contribution in [3.63, 3.8) is 0 Å². The van der Waals surface area contributed by atoms with Crippen molar-refractivity contribution in [2.75, 3.05) is 24.7 Å². The highest BCUT2D eigenvalue weighted by Gasteiger charge is 2.21. The molecule has 1 heterocycles. The maximum absolute atomic E-state index is 9.21. The largest absolute Gasteiger partial charge is 0.377 e. The van der Waals surface area contributed by atoms with E-state index in [1.54, 1.807) is 0 Å². The van der Waals surface area contributed by atoms with Crippen molar-refractivity contribution in [3.05, 3.63) is 29.3 Å². The predicted octanol–water partition coefficient (Wildman–Crippen LogP) is 1.24. The lowest BCUT2D eigenvalue weighted by Crippen LogP contribution is -2.44. The molecule has 4 heteroatoms. The van der Waals surface area contributed by atoms with E-state index in [9.17, 15) is 5.26 Å². The second-order valence-corrected chi connectivity index (χ2v) is 4.28. The van der Waals surface area contributed by atoms with Gasteiger partial charge < -0.3 is 15.4 Å². The smallest absolute Gasteiger partial charge is 0.101 e. The Balaban J connectivity index is 2.34. The summed E-state index contributed by atoms with van der Waals surface area (Å²) in [6, 6.07) is 8.40. The number of anilines is 1. The van der Waals surface area contributed by atoms with Gasteiger partial charge in [0, 0.05) is 19.1 Å². The van der Waals surface area contributed by atoms with E-state index in [4.69, 9.17) is 10.5 Å². The number of rotatable bonds is 2. The van der Waals surface area contributed by atoms with Gasteiger partial charge in [-0.2, -0.15) is 5.26 Å². The van der Waals surface area contributed by atoms with Crippen molar-refractivity contribution in [2.24, 2.45) is 5.73 Å². The Labute approximate surface area is 102 Å². The lowest BCUT2D eigenvalue weighted by atomic mass is 10.1. The van der Waals surface area contributed by atoms with Crippen LogP contribution in [0.15, 0.2) is 18.2 Å². The van der Waals surface area contributed by atoms with Gasteiger partial charge in [0.25, 0.3) is 0 Å². The molecule has 1 saturated heterocycles. The monoisotopic (exact) mass is 231 g/mol. The van der Waals surface area contributed by atoms with Gasteiger partial charge in [-0.1, -0.05) is 6.07 Å². The van der Waals surface area contributed by atoms with Crippen LogP contribution in [0.3, 0.4) is 0 Å². The van der Waals surface area contributed by atoms with Crippen LogP contribution in [0.25, 0.3) is 0 Å². The Morgan fingerprint density at radius 2 is 2.41 bits per heavy atom. The number of ether oxygens (including phenoxy) is 1. The highest BCUT2D eigenvalue weighted by atomic mass is 16.5. The standard InChI is InChI=1S/C13H17N3O/c1-10-9-17-5-4-16(10)13-3-2-11(7-14)6-12(13)8-15/h2-3,6,10H,4-5,7,9,14H2,1H3. The summed E-state index contributed by atoms with van der Waals surface area (Å²) in [5.41, 5.74) is 8.26. The van der Waals surface area contributed by atoms with E-state index in [0.717, 1.165) is 17.8 Å². The molecular weight excluding hydrogens is 214 g/mol. The van der Waals surface area contributed by atoms with E-state index in [2.05, 4.69) is 17.9 Å². The first kappa shape index (κ1) is 11.9. The molecule has 0 radical (unpaired) electrons. The molecule has 1 unspecified atom stereocenters. The minimum Gasteiger partial charge on any atom is -0.377 e. The molecule has 90 valence electrons. The minimum absolute atomic E-state index is 0.305. The second-order valence-electron chi connectivity index (χ2n) is 4.28. The molecular formula is C13H17N3O. The molecule has 0 saturated carbocycles. The Morgan fingerprint density at radius 1 is 1.59 bits per heavy atom. The number of nitrogens with zero attached hydrogens (tertiary/aromatic N) is 2. The summed E-state index contributed by atoms with van der Waals surface area (Å²) in [6.07, 6.45) is 0. The Morgan fingerprint density at radius 3 is 3.06 bits per heavy atom. The quantitative estimate of drug-likeness (QED) is 0.832. The Kier molecular flexibility index (Phi) is 3.62. The van der Waals surface area contributed by atoms with Gasteiger partial charge >= 0.3 is 0 Å². The van der Waals surface area contributed by atoms with Crippen LogP contribution in [0.1, 0.15) is 18.1 Å². The second kappa shape index (κ2) is 5.17. The summed E-state index contributed by atoms with van der Waals surface area (Å²) in [4.78, 5) is 2.22. The van der Waals surface area contributed by atoms with Crippen molar-refractivity contribution < 1.29 is 4.74 Å². The number of hydrogen-bond acceptors (Lipinski definition) is 4. The fourth-order valence-corrected chi connectivity index (χ4v) is 2.14. The fourth-order valence-electron chi connectivity index (χ4n) is 2.14. The van der Waals surface area contributed by atoms with Crippen LogP contribution in [0.4, 0.5) is 5.69 Å². The summed E-state index contributed by atoms with van der Waals surface area (Å²) in [7, 11) is 0. The van der Waals surface area contributed by atoms with Crippen LogP contribution in [0.5, 0.6) is 0 Å². The van der Waals surface area contributed by atoms with Gasteiger partial charge in [0.15, 0.2) is 0 Å². The van der Waals surface area contributed by atoms with E-state index in [-0.39, 0.29) is 0 Å². The Bertz CT molecular complexity index is 439. The summed E-state index contributed by atoms with van der Waals surface area (Å²) in [5, 5.41) is 9.21. The zero-order valence-electron chi connectivity index (χ0n) is 10.0. The van der Waals surface area contributed by atoms with E-state index >= 15 is 0 Å². The molecule has 1 aromatic rings. The predicted molar refractivity (Wildman–Crippen MR) is 66.7 cm³/mol. The molecule has 0 spiro atoms. The van der Waals surface area contributed by atoms with Gasteiger partial charge in [0.1, 0.15) is 6.07 Å². The van der Waals surface area contributed by atoms with E-state index in [1.807, 2.05) is 18.2 Å². The van der Waals surface area contributed by atoms with Crippen molar-refractivity contribution in [1.29, 1.82) is 5.26 Å². The molecule has 1 atom stereocenters. The molecule has 0 aromatic heterocycles. The Hall–Kier alpha value is -1.57. The third-order valence-corrected chi connectivity index (χ3v) is 3.09. The van der Waals surface area contributed by atoms with E-state index in [0.29, 0.717) is 31.4 Å². The van der Waals surface area contributed by atoms with Crippen molar-refractivity contribution >= 4 is 5.69 Å². The number of morpholine rings is 1. The molecule has 0 bridgehead atoms. The molecule has 1 aliphatic rings. The first-order valence-corrected chi connectivity index (χ1v) is 5.83. The van der Waals surface area contributed by atoms with Gasteiger partial charge in [-0.25, -0.2) is 0 Å². The maximum atomic E-state index is 9.21. The molecule has 17 heavy (non-hydrogen) atoms. The van der Waals surface area contributed by atoms with Gasteiger partial charge in [-0.15, -0.1) is 0 Å². The summed E-state index contributed by atoms with van der Waals surface area (Å²) >= 11 is 0. The first-order chi connectivity index (χ1) is 8.26. The van der Waals surface area contributed by atoms with E-state index < -0.39 is 0 Å². The lowest BCUT2D eigenvalue weighted by molar-refractivity contribution is 0.0989. The van der Waals surface area contributed by atoms with Crippen LogP contribution in [0.2, 0.25) is 0 Å². The number of benzene rings is 1. The molecule has 0 amide bonds. The van der Waals surface area contributed by atoms with Gasteiger partial charge in [-0.05, 0) is 24.6 Å². The maximum Gasteiger partial charge on any atom is 0.101 e. The average Bonchev–Trinajstić information content (AvgIpc) is 2.38. The van der Waals surface area contributed by atoms with Crippen LogP contribution in [-0.4, -0.2) is 25.8 Å². The van der Waals surface area contributed by atoms with Crippen molar-refractivity contribution in [3.8, 4) is 6.07 Å². The van der Waals surface area contributed by atoms with Gasteiger partial charge in [0.2, 0.25) is 0 Å². The average molecular weight is 231 g/mol. The molecule has 4 nitrogen and oxygen atoms in total. The van der Waals surface area contributed by atoms with Crippen LogP contribution in [-0.2, 0) is 11.3 Å². The molecule has 1 fully saturated rings. The lowest BCUT2D eigenvalue weighted by Gasteiger charge is -2.35. The highest BCUT2D eigenvalue weighted by molar-refractivity contribution is 5.61. The van der Waals surface area contributed by atoms with Crippen LogP contribution in [0, 0.1) is 11.3 Å². The molecule has 1 aliphatic heterocycles. The normalized spacial score (nSPS) is 20.1. The van der Waals surface area contributed by atoms with E-state index in [1.165, 1.54) is 0 Å². The minimum atomic E-state index is 0.305. The SMILES string of the molecule is CC1COCCN1c1ccc(CN)cc1C#N. The number of hydrogen-bond donors (Lipinski definition) is 1. The van der Waals surface area contributed by atoms with Gasteiger partial charge in [-0.3, -0.25) is 0 Å². The molecule has 1 aromatic carbocycles.